The number of fused-ring (bicyclic) bond motifs is 1. The van der Waals surface area contributed by atoms with Crippen LogP contribution in [0.2, 0.25) is 0 Å². The van der Waals surface area contributed by atoms with Crippen LogP contribution in [-0.2, 0) is 14.3 Å². The highest BCUT2D eigenvalue weighted by Gasteiger charge is 2.12. The molecule has 0 saturated heterocycles. The van der Waals surface area contributed by atoms with Gasteiger partial charge in [-0.3, -0.25) is 4.98 Å². The molecule has 0 fully saturated rings. The van der Waals surface area contributed by atoms with Crippen LogP contribution in [0.1, 0.15) is 35.5 Å². The Kier molecular flexibility index (Phi) is 5.46. The van der Waals surface area contributed by atoms with Gasteiger partial charge in [-0.15, -0.1) is 0 Å². The molecule has 2 rings (SSSR count). The molecule has 5 heteroatoms. The van der Waals surface area contributed by atoms with Crippen LogP contribution in [0.5, 0.6) is 0 Å². The quantitative estimate of drug-likeness (QED) is 0.626. The molecule has 0 bridgehead atoms. The van der Waals surface area contributed by atoms with Crippen molar-refractivity contribution in [3.05, 3.63) is 47.2 Å². The van der Waals surface area contributed by atoms with E-state index in [0.29, 0.717) is 24.5 Å². The van der Waals surface area contributed by atoms with Gasteiger partial charge in [-0.2, -0.15) is 0 Å². The molecule has 0 N–H and O–H groups in total. The van der Waals surface area contributed by atoms with Gasteiger partial charge in [0.15, 0.2) is 0 Å². The molecule has 2 aromatic rings. The third-order valence-electron chi connectivity index (χ3n) is 3.22. The van der Waals surface area contributed by atoms with Crippen molar-refractivity contribution in [2.75, 3.05) is 13.2 Å². The molecular formula is C18H19NO4. The molecule has 5 nitrogen and oxygen atoms in total. The van der Waals surface area contributed by atoms with E-state index in [-0.39, 0.29) is 11.9 Å². The van der Waals surface area contributed by atoms with Gasteiger partial charge in [-0.25, -0.2) is 9.59 Å². The molecule has 0 aliphatic heterocycles. The number of aromatic nitrogens is 1. The predicted octanol–water partition coefficient (Wildman–Crippen LogP) is 3.30. The molecule has 23 heavy (non-hydrogen) atoms. The van der Waals surface area contributed by atoms with Crippen LogP contribution in [0.25, 0.3) is 17.0 Å². The van der Waals surface area contributed by atoms with Gasteiger partial charge < -0.3 is 9.47 Å². The lowest BCUT2D eigenvalue weighted by Crippen LogP contribution is -2.08. The number of nitrogens with zero attached hydrogens (tertiary/aromatic N) is 1. The summed E-state index contributed by atoms with van der Waals surface area (Å²) in [6.45, 7) is 5.96. The summed E-state index contributed by atoms with van der Waals surface area (Å²) in [4.78, 5) is 27.7. The maximum Gasteiger partial charge on any atom is 0.339 e. The highest BCUT2D eigenvalue weighted by atomic mass is 16.5. The van der Waals surface area contributed by atoms with Gasteiger partial charge in [0.05, 0.1) is 30.0 Å². The van der Waals surface area contributed by atoms with Crippen molar-refractivity contribution in [2.24, 2.45) is 0 Å². The van der Waals surface area contributed by atoms with E-state index in [1.54, 1.807) is 32.9 Å². The lowest BCUT2D eigenvalue weighted by Gasteiger charge is -2.07. The molecule has 0 radical (unpaired) electrons. The van der Waals surface area contributed by atoms with Crippen molar-refractivity contribution in [3.63, 3.8) is 0 Å². The zero-order valence-corrected chi connectivity index (χ0v) is 13.5. The summed E-state index contributed by atoms with van der Waals surface area (Å²) in [6.07, 6.45) is 3.04. The number of hydrogen-bond donors (Lipinski definition) is 0. The standard InChI is InChI=1S/C18H19NO4/c1-4-22-17(20)9-7-13-6-8-16-14(10-13)11-15(12(3)19-16)18(21)23-5-2/h6-11H,4-5H2,1-3H3/b9-7+. The first-order valence-electron chi connectivity index (χ1n) is 7.48. The number of pyridine rings is 1. The summed E-state index contributed by atoms with van der Waals surface area (Å²) in [6, 6.07) is 7.33. The molecule has 0 unspecified atom stereocenters. The fraction of sp³-hybridized carbons (Fsp3) is 0.278. The van der Waals surface area contributed by atoms with E-state index in [0.717, 1.165) is 16.5 Å². The highest BCUT2D eigenvalue weighted by molar-refractivity contribution is 5.96. The minimum absolute atomic E-state index is 0.318. The summed E-state index contributed by atoms with van der Waals surface area (Å²) in [7, 11) is 0. The molecule has 0 atom stereocenters. The van der Waals surface area contributed by atoms with Crippen molar-refractivity contribution in [1.82, 2.24) is 4.98 Å². The van der Waals surface area contributed by atoms with Gasteiger partial charge in [-0.1, -0.05) is 6.07 Å². The molecule has 1 heterocycles. The van der Waals surface area contributed by atoms with Crippen molar-refractivity contribution in [3.8, 4) is 0 Å². The molecule has 0 amide bonds. The van der Waals surface area contributed by atoms with Gasteiger partial charge in [0.2, 0.25) is 0 Å². The number of aryl methyl sites for hydroxylation is 1. The predicted molar refractivity (Wildman–Crippen MR) is 88.1 cm³/mol. The normalized spacial score (nSPS) is 10.9. The molecular weight excluding hydrogens is 294 g/mol. The molecule has 1 aromatic carbocycles. The van der Waals surface area contributed by atoms with Crippen molar-refractivity contribution < 1.29 is 19.1 Å². The molecule has 0 aliphatic rings. The second-order valence-electron chi connectivity index (χ2n) is 4.88. The number of carbonyl (C=O) groups is 2. The Morgan fingerprint density at radius 3 is 2.57 bits per heavy atom. The minimum Gasteiger partial charge on any atom is -0.463 e. The number of hydrogen-bond acceptors (Lipinski definition) is 5. The third kappa shape index (κ3) is 4.16. The first kappa shape index (κ1) is 16.7. The van der Waals surface area contributed by atoms with Crippen molar-refractivity contribution in [2.45, 2.75) is 20.8 Å². The van der Waals surface area contributed by atoms with Crippen molar-refractivity contribution in [1.29, 1.82) is 0 Å². The van der Waals surface area contributed by atoms with E-state index in [2.05, 4.69) is 4.98 Å². The Labute approximate surface area is 134 Å². The van der Waals surface area contributed by atoms with E-state index < -0.39 is 0 Å². The van der Waals surface area contributed by atoms with E-state index in [1.165, 1.54) is 6.08 Å². The Bertz CT molecular complexity index is 765. The summed E-state index contributed by atoms with van der Waals surface area (Å²) in [5, 5.41) is 0.810. The van der Waals surface area contributed by atoms with Crippen LogP contribution in [0.3, 0.4) is 0 Å². The summed E-state index contributed by atoms with van der Waals surface area (Å²) < 4.78 is 9.88. The average Bonchev–Trinajstić information content (AvgIpc) is 2.52. The number of esters is 2. The highest BCUT2D eigenvalue weighted by Crippen LogP contribution is 2.19. The van der Waals surface area contributed by atoms with Crippen LogP contribution < -0.4 is 0 Å². The zero-order chi connectivity index (χ0) is 16.8. The number of carbonyl (C=O) groups excluding carboxylic acids is 2. The first-order valence-corrected chi connectivity index (χ1v) is 7.48. The van der Waals surface area contributed by atoms with Crippen LogP contribution in [0.4, 0.5) is 0 Å². The Balaban J connectivity index is 2.36. The number of rotatable bonds is 5. The lowest BCUT2D eigenvalue weighted by molar-refractivity contribution is -0.137. The van der Waals surface area contributed by atoms with Crippen molar-refractivity contribution >= 4 is 28.9 Å². The fourth-order valence-corrected chi connectivity index (χ4v) is 2.17. The molecule has 1 aromatic heterocycles. The largest absolute Gasteiger partial charge is 0.463 e. The Morgan fingerprint density at radius 1 is 1.13 bits per heavy atom. The molecule has 120 valence electrons. The number of ether oxygens (including phenoxy) is 2. The maximum absolute atomic E-state index is 11.9. The Hall–Kier alpha value is -2.69. The van der Waals surface area contributed by atoms with Crippen LogP contribution in [0, 0.1) is 6.92 Å². The fourth-order valence-electron chi connectivity index (χ4n) is 2.17. The second kappa shape index (κ2) is 7.54. The van der Waals surface area contributed by atoms with Gasteiger partial charge in [0, 0.05) is 11.5 Å². The second-order valence-corrected chi connectivity index (χ2v) is 4.88. The van der Waals surface area contributed by atoms with E-state index >= 15 is 0 Å². The van der Waals surface area contributed by atoms with Gasteiger partial charge in [-0.05, 0) is 50.6 Å². The van der Waals surface area contributed by atoms with E-state index in [1.807, 2.05) is 18.2 Å². The Morgan fingerprint density at radius 2 is 1.87 bits per heavy atom. The lowest BCUT2D eigenvalue weighted by atomic mass is 10.1. The first-order chi connectivity index (χ1) is 11.0. The van der Waals surface area contributed by atoms with Crippen LogP contribution >= 0.6 is 0 Å². The van der Waals surface area contributed by atoms with Gasteiger partial charge >= 0.3 is 11.9 Å². The third-order valence-corrected chi connectivity index (χ3v) is 3.22. The average molecular weight is 313 g/mol. The summed E-state index contributed by atoms with van der Waals surface area (Å²) >= 11 is 0. The molecule has 0 spiro atoms. The van der Waals surface area contributed by atoms with Crippen LogP contribution in [0.15, 0.2) is 30.3 Å². The molecule has 0 saturated carbocycles. The smallest absolute Gasteiger partial charge is 0.339 e. The van der Waals surface area contributed by atoms with Crippen LogP contribution in [-0.4, -0.2) is 30.1 Å². The van der Waals surface area contributed by atoms with E-state index in [9.17, 15) is 9.59 Å². The summed E-state index contributed by atoms with van der Waals surface area (Å²) in [5.74, 6) is -0.770. The number of benzene rings is 1. The zero-order valence-electron chi connectivity index (χ0n) is 13.5. The minimum atomic E-state index is -0.387. The van der Waals surface area contributed by atoms with Gasteiger partial charge in [0.1, 0.15) is 0 Å². The van der Waals surface area contributed by atoms with Gasteiger partial charge in [0.25, 0.3) is 0 Å². The topological polar surface area (TPSA) is 65.5 Å². The maximum atomic E-state index is 11.9. The monoisotopic (exact) mass is 313 g/mol. The SMILES string of the molecule is CCOC(=O)/C=C/c1ccc2nc(C)c(C(=O)OCC)cc2c1. The molecule has 0 aliphatic carbocycles. The summed E-state index contributed by atoms with van der Waals surface area (Å²) in [5.41, 5.74) is 2.69. The van der Waals surface area contributed by atoms with E-state index in [4.69, 9.17) is 9.47 Å².